The first-order valence-electron chi connectivity index (χ1n) is 5.64. The first kappa shape index (κ1) is 13.4. The molecule has 0 aromatic carbocycles. The molecule has 0 bridgehead atoms. The molecule has 0 saturated carbocycles. The Morgan fingerprint density at radius 2 is 2.38 bits per heavy atom. The molecule has 0 aliphatic heterocycles. The molecule has 16 heavy (non-hydrogen) atoms. The maximum Gasteiger partial charge on any atom is 0.0719 e. The SMILES string of the molecule is CCC(CSC)N(C)CCn1cc(N)cn1. The van der Waals surface area contributed by atoms with Gasteiger partial charge in [-0.25, -0.2) is 0 Å². The summed E-state index contributed by atoms with van der Waals surface area (Å²) in [6.07, 6.45) is 6.92. The molecule has 1 rings (SSSR count). The van der Waals surface area contributed by atoms with E-state index >= 15 is 0 Å². The minimum Gasteiger partial charge on any atom is -0.396 e. The Balaban J connectivity index is 2.36. The van der Waals surface area contributed by atoms with E-state index < -0.39 is 0 Å². The van der Waals surface area contributed by atoms with Gasteiger partial charge in [0.1, 0.15) is 0 Å². The second kappa shape index (κ2) is 6.81. The van der Waals surface area contributed by atoms with Crippen LogP contribution in [0, 0.1) is 0 Å². The van der Waals surface area contributed by atoms with Crippen LogP contribution in [0.3, 0.4) is 0 Å². The molecule has 92 valence electrons. The van der Waals surface area contributed by atoms with Crippen molar-refractivity contribution in [2.75, 3.05) is 31.3 Å². The summed E-state index contributed by atoms with van der Waals surface area (Å²) in [5, 5.41) is 4.18. The predicted octanol–water partition coefficient (Wildman–Crippen LogP) is 1.54. The smallest absolute Gasteiger partial charge is 0.0719 e. The second-order valence-electron chi connectivity index (χ2n) is 4.03. The van der Waals surface area contributed by atoms with Gasteiger partial charge in [-0.15, -0.1) is 0 Å². The molecule has 1 aromatic rings. The highest BCUT2D eigenvalue weighted by Crippen LogP contribution is 2.08. The van der Waals surface area contributed by atoms with Crippen molar-refractivity contribution in [2.45, 2.75) is 25.9 Å². The Kier molecular flexibility index (Phi) is 5.69. The third kappa shape index (κ3) is 4.06. The Morgan fingerprint density at radius 1 is 1.62 bits per heavy atom. The van der Waals surface area contributed by atoms with E-state index in [1.807, 2.05) is 22.6 Å². The second-order valence-corrected chi connectivity index (χ2v) is 4.95. The maximum atomic E-state index is 5.62. The fraction of sp³-hybridized carbons (Fsp3) is 0.727. The minimum atomic E-state index is 0.655. The van der Waals surface area contributed by atoms with E-state index in [0.717, 1.165) is 18.8 Å². The lowest BCUT2D eigenvalue weighted by atomic mass is 10.2. The number of thioether (sulfide) groups is 1. The zero-order valence-electron chi connectivity index (χ0n) is 10.4. The fourth-order valence-corrected chi connectivity index (χ4v) is 2.57. The highest BCUT2D eigenvalue weighted by molar-refractivity contribution is 7.98. The van der Waals surface area contributed by atoms with E-state index in [9.17, 15) is 0 Å². The molecule has 0 amide bonds. The largest absolute Gasteiger partial charge is 0.396 e. The average Bonchev–Trinajstić information content (AvgIpc) is 2.68. The van der Waals surface area contributed by atoms with Crippen LogP contribution in [0.1, 0.15) is 13.3 Å². The van der Waals surface area contributed by atoms with Gasteiger partial charge in [0.2, 0.25) is 0 Å². The molecule has 1 heterocycles. The van der Waals surface area contributed by atoms with Crippen molar-refractivity contribution in [3.8, 4) is 0 Å². The van der Waals surface area contributed by atoms with Gasteiger partial charge in [0.25, 0.3) is 0 Å². The molecule has 0 saturated heterocycles. The van der Waals surface area contributed by atoms with Gasteiger partial charge in [-0.05, 0) is 19.7 Å². The quantitative estimate of drug-likeness (QED) is 0.788. The van der Waals surface area contributed by atoms with Crippen molar-refractivity contribution in [1.82, 2.24) is 14.7 Å². The van der Waals surface area contributed by atoms with Gasteiger partial charge in [0.15, 0.2) is 0 Å². The van der Waals surface area contributed by atoms with Gasteiger partial charge >= 0.3 is 0 Å². The molecule has 0 radical (unpaired) electrons. The van der Waals surface area contributed by atoms with Gasteiger partial charge in [-0.1, -0.05) is 6.92 Å². The third-order valence-corrected chi connectivity index (χ3v) is 3.51. The van der Waals surface area contributed by atoms with Gasteiger partial charge in [0.05, 0.1) is 18.4 Å². The Labute approximate surface area is 102 Å². The standard InChI is InChI=1S/C11H22N4S/c1-4-11(9-16-3)14(2)5-6-15-8-10(12)7-13-15/h7-8,11H,4-6,9,12H2,1-3H3. The van der Waals surface area contributed by atoms with Crippen LogP contribution in [0.15, 0.2) is 12.4 Å². The normalized spacial score (nSPS) is 13.2. The number of aromatic nitrogens is 2. The van der Waals surface area contributed by atoms with Gasteiger partial charge in [-0.3, -0.25) is 4.68 Å². The summed E-state index contributed by atoms with van der Waals surface area (Å²) < 4.78 is 1.90. The average molecular weight is 242 g/mol. The van der Waals surface area contributed by atoms with E-state index in [0.29, 0.717) is 6.04 Å². The van der Waals surface area contributed by atoms with Crippen LogP contribution in [0.2, 0.25) is 0 Å². The Hall–Kier alpha value is -0.680. The third-order valence-electron chi connectivity index (χ3n) is 2.79. The molecule has 0 aliphatic carbocycles. The first-order valence-corrected chi connectivity index (χ1v) is 7.03. The van der Waals surface area contributed by atoms with Crippen LogP contribution in [0.25, 0.3) is 0 Å². The lowest BCUT2D eigenvalue weighted by molar-refractivity contribution is 0.242. The molecular weight excluding hydrogens is 220 g/mol. The summed E-state index contributed by atoms with van der Waals surface area (Å²) in [4.78, 5) is 2.40. The zero-order valence-corrected chi connectivity index (χ0v) is 11.2. The molecule has 1 atom stereocenters. The molecule has 5 heteroatoms. The summed E-state index contributed by atoms with van der Waals surface area (Å²) >= 11 is 1.90. The summed E-state index contributed by atoms with van der Waals surface area (Å²) in [6.45, 7) is 4.15. The van der Waals surface area contributed by atoms with Crippen molar-refractivity contribution in [3.05, 3.63) is 12.4 Å². The number of nitrogen functional groups attached to an aromatic ring is 1. The summed E-state index contributed by atoms with van der Waals surface area (Å²) in [7, 11) is 2.18. The molecule has 1 unspecified atom stereocenters. The molecule has 1 aromatic heterocycles. The van der Waals surface area contributed by atoms with Crippen LogP contribution < -0.4 is 5.73 Å². The van der Waals surface area contributed by atoms with Crippen molar-refractivity contribution in [3.63, 3.8) is 0 Å². The number of hydrogen-bond acceptors (Lipinski definition) is 4. The van der Waals surface area contributed by atoms with Gasteiger partial charge < -0.3 is 10.6 Å². The van der Waals surface area contributed by atoms with Crippen LogP contribution >= 0.6 is 11.8 Å². The Bertz CT molecular complexity index is 300. The minimum absolute atomic E-state index is 0.655. The van der Waals surface area contributed by atoms with Crippen molar-refractivity contribution in [1.29, 1.82) is 0 Å². The van der Waals surface area contributed by atoms with E-state index in [2.05, 4.69) is 30.2 Å². The lowest BCUT2D eigenvalue weighted by Gasteiger charge is -2.26. The van der Waals surface area contributed by atoms with Crippen LogP contribution in [-0.4, -0.2) is 46.3 Å². The molecule has 0 spiro atoms. The van der Waals surface area contributed by atoms with Crippen LogP contribution in [0.5, 0.6) is 0 Å². The molecule has 4 nitrogen and oxygen atoms in total. The maximum absolute atomic E-state index is 5.62. The number of nitrogens with zero attached hydrogens (tertiary/aromatic N) is 3. The van der Waals surface area contributed by atoms with E-state index in [4.69, 9.17) is 5.73 Å². The van der Waals surface area contributed by atoms with Crippen LogP contribution in [0.4, 0.5) is 5.69 Å². The highest BCUT2D eigenvalue weighted by Gasteiger charge is 2.11. The van der Waals surface area contributed by atoms with Gasteiger partial charge in [-0.2, -0.15) is 16.9 Å². The van der Waals surface area contributed by atoms with Gasteiger partial charge in [0, 0.05) is 24.5 Å². The topological polar surface area (TPSA) is 47.1 Å². The van der Waals surface area contributed by atoms with Crippen molar-refractivity contribution >= 4 is 17.4 Å². The predicted molar refractivity (Wildman–Crippen MR) is 71.7 cm³/mol. The van der Waals surface area contributed by atoms with E-state index in [-0.39, 0.29) is 0 Å². The van der Waals surface area contributed by atoms with Crippen molar-refractivity contribution < 1.29 is 0 Å². The summed E-state index contributed by atoms with van der Waals surface area (Å²) in [6, 6.07) is 0.655. The summed E-state index contributed by atoms with van der Waals surface area (Å²) in [5.74, 6) is 1.19. The lowest BCUT2D eigenvalue weighted by Crippen LogP contribution is -2.35. The summed E-state index contributed by atoms with van der Waals surface area (Å²) in [5.41, 5.74) is 6.35. The molecule has 0 fully saturated rings. The molecule has 2 N–H and O–H groups in total. The molecular formula is C11H22N4S. The number of hydrogen-bond donors (Lipinski definition) is 1. The number of anilines is 1. The van der Waals surface area contributed by atoms with E-state index in [1.165, 1.54) is 12.2 Å². The van der Waals surface area contributed by atoms with Crippen LogP contribution in [-0.2, 0) is 6.54 Å². The van der Waals surface area contributed by atoms with Crippen molar-refractivity contribution in [2.24, 2.45) is 0 Å². The number of likely N-dealkylation sites (N-methyl/N-ethyl adjacent to an activating group) is 1. The highest BCUT2D eigenvalue weighted by atomic mass is 32.2. The Morgan fingerprint density at radius 3 is 2.88 bits per heavy atom. The zero-order chi connectivity index (χ0) is 12.0. The molecule has 0 aliphatic rings. The van der Waals surface area contributed by atoms with E-state index in [1.54, 1.807) is 6.20 Å². The number of rotatable bonds is 7. The monoisotopic (exact) mass is 242 g/mol. The first-order chi connectivity index (χ1) is 7.67. The fourth-order valence-electron chi connectivity index (χ4n) is 1.69. The number of nitrogens with two attached hydrogens (primary N) is 1.